The predicted molar refractivity (Wildman–Crippen MR) is 103 cm³/mol. The lowest BCUT2D eigenvalue weighted by molar-refractivity contribution is 0.235. The molecular weight excluding hydrogens is 331 g/mol. The average molecular weight is 356 g/mol. The third kappa shape index (κ3) is 4.28. The summed E-state index contributed by atoms with van der Waals surface area (Å²) in [5, 5.41) is 11.4. The van der Waals surface area contributed by atoms with E-state index in [0.717, 1.165) is 5.39 Å². The summed E-state index contributed by atoms with van der Waals surface area (Å²) in [4.78, 5) is 9.08. The van der Waals surface area contributed by atoms with Crippen molar-refractivity contribution in [2.45, 2.75) is 32.4 Å². The maximum Gasteiger partial charge on any atom is 0.226 e. The van der Waals surface area contributed by atoms with Gasteiger partial charge in [-0.15, -0.1) is 0 Å². The van der Waals surface area contributed by atoms with Crippen molar-refractivity contribution in [1.82, 2.24) is 19.7 Å². The number of benzene rings is 1. The van der Waals surface area contributed by atoms with Crippen molar-refractivity contribution in [2.75, 3.05) is 23.7 Å². The zero-order valence-electron chi connectivity index (χ0n) is 15.6. The van der Waals surface area contributed by atoms with Crippen LogP contribution in [0.5, 0.6) is 0 Å². The second-order valence-electron chi connectivity index (χ2n) is 7.17. The molecule has 0 aliphatic rings. The van der Waals surface area contributed by atoms with Crippen molar-refractivity contribution in [3.05, 3.63) is 42.1 Å². The molecule has 1 atom stereocenters. The first-order valence-electron chi connectivity index (χ1n) is 8.75. The van der Waals surface area contributed by atoms with Crippen molar-refractivity contribution in [1.29, 1.82) is 0 Å². The number of aromatic nitrogens is 4. The highest BCUT2D eigenvalue weighted by atomic mass is 19.1. The molecule has 138 valence electrons. The molecule has 0 radical (unpaired) electrons. The number of halogens is 1. The quantitative estimate of drug-likeness (QED) is 0.675. The minimum atomic E-state index is -1.34. The first kappa shape index (κ1) is 18.1. The molecule has 3 aromatic rings. The van der Waals surface area contributed by atoms with E-state index in [2.05, 4.69) is 44.8 Å². The molecular formula is C19H25FN6. The van der Waals surface area contributed by atoms with Crippen molar-refractivity contribution in [3.8, 4) is 0 Å². The van der Waals surface area contributed by atoms with Gasteiger partial charge in [0.1, 0.15) is 11.5 Å². The standard InChI is InChI=1S/C19H25FN6/c1-13(14-8-6-5-7-9-14)10-21-18-24-16(22-12-19(2,3)20)15-11-23-26(4)17(15)25-18/h5-9,11,13H,10,12H2,1-4H3,(H2,21,22,24,25). The molecule has 0 saturated heterocycles. The second kappa shape index (κ2) is 7.27. The molecule has 1 aromatic carbocycles. The largest absolute Gasteiger partial charge is 0.366 e. The lowest BCUT2D eigenvalue weighted by Crippen LogP contribution is -2.25. The van der Waals surface area contributed by atoms with Gasteiger partial charge in [0.2, 0.25) is 5.95 Å². The summed E-state index contributed by atoms with van der Waals surface area (Å²) in [7, 11) is 1.83. The molecule has 1 unspecified atom stereocenters. The van der Waals surface area contributed by atoms with Crippen molar-refractivity contribution in [2.24, 2.45) is 7.05 Å². The number of hydrogen-bond acceptors (Lipinski definition) is 5. The Morgan fingerprint density at radius 2 is 1.88 bits per heavy atom. The van der Waals surface area contributed by atoms with Gasteiger partial charge in [0.25, 0.3) is 0 Å². The van der Waals surface area contributed by atoms with Gasteiger partial charge in [0, 0.05) is 20.1 Å². The molecule has 0 amide bonds. The fraction of sp³-hybridized carbons (Fsp3) is 0.421. The zero-order chi connectivity index (χ0) is 18.7. The van der Waals surface area contributed by atoms with E-state index in [9.17, 15) is 4.39 Å². The summed E-state index contributed by atoms with van der Waals surface area (Å²) >= 11 is 0. The first-order chi connectivity index (χ1) is 12.3. The van der Waals surface area contributed by atoms with E-state index in [1.807, 2.05) is 25.2 Å². The summed E-state index contributed by atoms with van der Waals surface area (Å²) < 4.78 is 15.6. The van der Waals surface area contributed by atoms with Gasteiger partial charge in [-0.2, -0.15) is 15.1 Å². The molecule has 26 heavy (non-hydrogen) atoms. The van der Waals surface area contributed by atoms with Crippen LogP contribution in [0.15, 0.2) is 36.5 Å². The van der Waals surface area contributed by atoms with E-state index < -0.39 is 5.67 Å². The molecule has 2 N–H and O–H groups in total. The maximum atomic E-state index is 13.9. The number of nitrogens with one attached hydrogen (secondary N) is 2. The van der Waals surface area contributed by atoms with Crippen LogP contribution in [0.2, 0.25) is 0 Å². The van der Waals surface area contributed by atoms with E-state index in [0.29, 0.717) is 29.9 Å². The van der Waals surface area contributed by atoms with E-state index in [1.165, 1.54) is 19.4 Å². The smallest absolute Gasteiger partial charge is 0.226 e. The van der Waals surface area contributed by atoms with Crippen LogP contribution >= 0.6 is 0 Å². The van der Waals surface area contributed by atoms with Gasteiger partial charge in [-0.25, -0.2) is 4.39 Å². The van der Waals surface area contributed by atoms with Gasteiger partial charge in [-0.3, -0.25) is 4.68 Å². The number of alkyl halides is 1. The monoisotopic (exact) mass is 356 g/mol. The molecule has 0 aliphatic heterocycles. The molecule has 6 nitrogen and oxygen atoms in total. The van der Waals surface area contributed by atoms with Crippen molar-refractivity contribution in [3.63, 3.8) is 0 Å². The van der Waals surface area contributed by atoms with Crippen LogP contribution in [0.3, 0.4) is 0 Å². The van der Waals surface area contributed by atoms with Crippen LogP contribution in [0.4, 0.5) is 16.2 Å². The number of aryl methyl sites for hydroxylation is 1. The Balaban J connectivity index is 1.80. The number of nitrogens with zero attached hydrogens (tertiary/aromatic N) is 4. The zero-order valence-corrected chi connectivity index (χ0v) is 15.6. The number of anilines is 2. The van der Waals surface area contributed by atoms with Gasteiger partial charge in [-0.05, 0) is 25.3 Å². The average Bonchev–Trinajstić information content (AvgIpc) is 2.99. The van der Waals surface area contributed by atoms with Crippen LogP contribution in [0.1, 0.15) is 32.3 Å². The Morgan fingerprint density at radius 1 is 1.15 bits per heavy atom. The molecule has 0 spiro atoms. The SMILES string of the molecule is CC(CNc1nc(NCC(C)(C)F)c2cnn(C)c2n1)c1ccccc1. The first-order valence-corrected chi connectivity index (χ1v) is 8.75. The molecule has 2 heterocycles. The van der Waals surface area contributed by atoms with E-state index in [4.69, 9.17) is 0 Å². The van der Waals surface area contributed by atoms with Crippen molar-refractivity contribution < 1.29 is 4.39 Å². The summed E-state index contributed by atoms with van der Waals surface area (Å²) in [5.74, 6) is 1.40. The molecule has 0 bridgehead atoms. The Bertz CT molecular complexity index is 869. The Kier molecular flexibility index (Phi) is 5.06. The van der Waals surface area contributed by atoms with Crippen LogP contribution in [0, 0.1) is 0 Å². The minimum absolute atomic E-state index is 0.161. The molecule has 3 rings (SSSR count). The van der Waals surface area contributed by atoms with E-state index >= 15 is 0 Å². The fourth-order valence-corrected chi connectivity index (χ4v) is 2.67. The van der Waals surface area contributed by atoms with E-state index in [-0.39, 0.29) is 6.54 Å². The Labute approximate surface area is 152 Å². The molecule has 7 heteroatoms. The van der Waals surface area contributed by atoms with Gasteiger partial charge < -0.3 is 10.6 Å². The van der Waals surface area contributed by atoms with Gasteiger partial charge in [0.15, 0.2) is 5.65 Å². The number of fused-ring (bicyclic) bond motifs is 1. The summed E-state index contributed by atoms with van der Waals surface area (Å²) in [6.07, 6.45) is 1.69. The number of rotatable bonds is 7. The van der Waals surface area contributed by atoms with Gasteiger partial charge >= 0.3 is 0 Å². The number of hydrogen-bond donors (Lipinski definition) is 2. The molecule has 2 aromatic heterocycles. The molecule has 0 fully saturated rings. The highest BCUT2D eigenvalue weighted by Gasteiger charge is 2.18. The summed E-state index contributed by atoms with van der Waals surface area (Å²) in [5.41, 5.74) is 0.614. The lowest BCUT2D eigenvalue weighted by Gasteiger charge is -2.17. The highest BCUT2D eigenvalue weighted by molar-refractivity contribution is 5.87. The van der Waals surface area contributed by atoms with Gasteiger partial charge in [0.05, 0.1) is 11.6 Å². The minimum Gasteiger partial charge on any atom is -0.366 e. The topological polar surface area (TPSA) is 67.7 Å². The third-order valence-corrected chi connectivity index (χ3v) is 4.20. The normalized spacial score (nSPS) is 13.0. The Morgan fingerprint density at radius 3 is 2.58 bits per heavy atom. The van der Waals surface area contributed by atoms with E-state index in [1.54, 1.807) is 10.9 Å². The molecule has 0 aliphatic carbocycles. The fourth-order valence-electron chi connectivity index (χ4n) is 2.67. The van der Waals surface area contributed by atoms with Gasteiger partial charge in [-0.1, -0.05) is 37.3 Å². The maximum absolute atomic E-state index is 13.9. The summed E-state index contributed by atoms with van der Waals surface area (Å²) in [6.45, 7) is 6.07. The van der Waals surface area contributed by atoms with Crippen LogP contribution in [-0.2, 0) is 7.05 Å². The van der Waals surface area contributed by atoms with Crippen molar-refractivity contribution >= 4 is 22.8 Å². The Hall–Kier alpha value is -2.70. The van der Waals surface area contributed by atoms with Crippen LogP contribution in [0.25, 0.3) is 11.0 Å². The highest BCUT2D eigenvalue weighted by Crippen LogP contribution is 2.23. The third-order valence-electron chi connectivity index (χ3n) is 4.20. The second-order valence-corrected chi connectivity index (χ2v) is 7.17. The lowest BCUT2D eigenvalue weighted by atomic mass is 10.0. The predicted octanol–water partition coefficient (Wildman–Crippen LogP) is 3.74. The van der Waals surface area contributed by atoms with Crippen LogP contribution < -0.4 is 10.6 Å². The summed E-state index contributed by atoms with van der Waals surface area (Å²) in [6, 6.07) is 10.3. The molecule has 0 saturated carbocycles. The van der Waals surface area contributed by atoms with Crippen LogP contribution in [-0.4, -0.2) is 38.5 Å².